The Bertz CT molecular complexity index is 428. The van der Waals surface area contributed by atoms with E-state index in [1.54, 1.807) is 11.8 Å². The number of aliphatic hydroxyl groups excluding tert-OH is 1. The van der Waals surface area contributed by atoms with E-state index in [4.69, 9.17) is 0 Å². The summed E-state index contributed by atoms with van der Waals surface area (Å²) >= 11 is 1.58. The summed E-state index contributed by atoms with van der Waals surface area (Å²) in [5, 5.41) is 12.5. The van der Waals surface area contributed by atoms with Crippen LogP contribution in [-0.4, -0.2) is 28.9 Å². The summed E-state index contributed by atoms with van der Waals surface area (Å²) < 4.78 is 0. The van der Waals surface area contributed by atoms with Crippen molar-refractivity contribution in [3.05, 3.63) is 29.8 Å². The summed E-state index contributed by atoms with van der Waals surface area (Å²) in [5.74, 6) is 0.554. The highest BCUT2D eigenvalue weighted by Crippen LogP contribution is 2.22. The lowest BCUT2D eigenvalue weighted by atomic mass is 9.93. The molecule has 4 heteroatoms. The minimum absolute atomic E-state index is 0.0923. The number of carbonyl (C=O) groups is 1. The first-order valence-corrected chi connectivity index (χ1v) is 7.79. The predicted octanol–water partition coefficient (Wildman–Crippen LogP) is 2.51. The average Bonchev–Trinajstić information content (AvgIpc) is 2.40. The number of aliphatic hydroxyl groups is 1. The van der Waals surface area contributed by atoms with E-state index in [0.29, 0.717) is 5.75 Å². The van der Waals surface area contributed by atoms with Crippen LogP contribution >= 0.6 is 11.8 Å². The maximum absolute atomic E-state index is 11.9. The van der Waals surface area contributed by atoms with Crippen molar-refractivity contribution < 1.29 is 9.90 Å². The number of rotatable bonds is 4. The SMILES string of the molecule is Cc1ccccc1SCC(=O)NC1CCC(O)CC1. The standard InChI is InChI=1S/C15H21NO2S/c1-11-4-2-3-5-14(11)19-10-15(18)16-12-6-8-13(17)9-7-12/h2-5,12-13,17H,6-10H2,1H3,(H,16,18). The zero-order chi connectivity index (χ0) is 13.7. The molecule has 1 aromatic carbocycles. The van der Waals surface area contributed by atoms with Crippen LogP contribution in [0.5, 0.6) is 0 Å². The summed E-state index contributed by atoms with van der Waals surface area (Å²) in [4.78, 5) is 13.0. The minimum atomic E-state index is -0.172. The Kier molecular flexibility index (Phi) is 5.28. The van der Waals surface area contributed by atoms with Crippen LogP contribution in [0.2, 0.25) is 0 Å². The third-order valence-corrected chi connectivity index (χ3v) is 4.69. The van der Waals surface area contributed by atoms with Gasteiger partial charge in [-0.2, -0.15) is 0 Å². The van der Waals surface area contributed by atoms with Crippen LogP contribution in [0.3, 0.4) is 0 Å². The van der Waals surface area contributed by atoms with Crippen molar-refractivity contribution in [2.45, 2.75) is 49.6 Å². The van der Waals surface area contributed by atoms with Crippen LogP contribution in [0.15, 0.2) is 29.2 Å². The topological polar surface area (TPSA) is 49.3 Å². The lowest BCUT2D eigenvalue weighted by Crippen LogP contribution is -2.39. The quantitative estimate of drug-likeness (QED) is 0.833. The Labute approximate surface area is 118 Å². The van der Waals surface area contributed by atoms with E-state index in [1.165, 1.54) is 5.56 Å². The molecule has 1 aliphatic rings. The van der Waals surface area contributed by atoms with Gasteiger partial charge >= 0.3 is 0 Å². The molecule has 0 atom stereocenters. The number of benzene rings is 1. The van der Waals surface area contributed by atoms with Crippen LogP contribution in [0.4, 0.5) is 0 Å². The molecule has 0 bridgehead atoms. The van der Waals surface area contributed by atoms with E-state index in [1.807, 2.05) is 18.2 Å². The van der Waals surface area contributed by atoms with Gasteiger partial charge in [0.25, 0.3) is 0 Å². The van der Waals surface area contributed by atoms with Gasteiger partial charge in [0.15, 0.2) is 0 Å². The van der Waals surface area contributed by atoms with Crippen LogP contribution in [0, 0.1) is 6.92 Å². The molecule has 0 saturated heterocycles. The highest BCUT2D eigenvalue weighted by Gasteiger charge is 2.20. The summed E-state index contributed by atoms with van der Waals surface area (Å²) in [6.45, 7) is 2.06. The summed E-state index contributed by atoms with van der Waals surface area (Å²) in [6.07, 6.45) is 3.21. The Morgan fingerprint density at radius 2 is 2.00 bits per heavy atom. The summed E-state index contributed by atoms with van der Waals surface area (Å²) in [7, 11) is 0. The second-order valence-electron chi connectivity index (χ2n) is 5.13. The number of carbonyl (C=O) groups excluding carboxylic acids is 1. The van der Waals surface area contributed by atoms with E-state index < -0.39 is 0 Å². The largest absolute Gasteiger partial charge is 0.393 e. The normalized spacial score (nSPS) is 23.1. The van der Waals surface area contributed by atoms with Crippen molar-refractivity contribution in [2.24, 2.45) is 0 Å². The molecule has 1 amide bonds. The van der Waals surface area contributed by atoms with E-state index in [2.05, 4.69) is 18.3 Å². The van der Waals surface area contributed by atoms with Gasteiger partial charge in [-0.1, -0.05) is 18.2 Å². The molecule has 0 spiro atoms. The molecule has 1 aromatic rings. The Morgan fingerprint density at radius 3 is 2.68 bits per heavy atom. The third-order valence-electron chi connectivity index (χ3n) is 3.51. The lowest BCUT2D eigenvalue weighted by Gasteiger charge is -2.26. The van der Waals surface area contributed by atoms with Gasteiger partial charge in [0.2, 0.25) is 5.91 Å². The lowest BCUT2D eigenvalue weighted by molar-refractivity contribution is -0.119. The van der Waals surface area contributed by atoms with Crippen molar-refractivity contribution in [2.75, 3.05) is 5.75 Å². The molecule has 1 aliphatic carbocycles. The molecule has 3 nitrogen and oxygen atoms in total. The van der Waals surface area contributed by atoms with Crippen LogP contribution in [0.25, 0.3) is 0 Å². The highest BCUT2D eigenvalue weighted by molar-refractivity contribution is 8.00. The average molecular weight is 279 g/mol. The van der Waals surface area contributed by atoms with Gasteiger partial charge < -0.3 is 10.4 Å². The van der Waals surface area contributed by atoms with Crippen LogP contribution in [-0.2, 0) is 4.79 Å². The molecule has 104 valence electrons. The number of aryl methyl sites for hydroxylation is 1. The monoisotopic (exact) mass is 279 g/mol. The predicted molar refractivity (Wildman–Crippen MR) is 78.3 cm³/mol. The number of amides is 1. The number of hydrogen-bond donors (Lipinski definition) is 2. The zero-order valence-electron chi connectivity index (χ0n) is 11.3. The molecule has 0 aliphatic heterocycles. The zero-order valence-corrected chi connectivity index (χ0v) is 12.1. The van der Waals surface area contributed by atoms with E-state index in [9.17, 15) is 9.90 Å². The number of hydrogen-bond acceptors (Lipinski definition) is 3. The van der Waals surface area contributed by atoms with Crippen molar-refractivity contribution in [3.63, 3.8) is 0 Å². The first-order chi connectivity index (χ1) is 9.15. The first-order valence-electron chi connectivity index (χ1n) is 6.81. The Morgan fingerprint density at radius 1 is 1.32 bits per heavy atom. The van der Waals surface area contributed by atoms with Crippen molar-refractivity contribution in [3.8, 4) is 0 Å². The Hall–Kier alpha value is -1.00. The van der Waals surface area contributed by atoms with E-state index >= 15 is 0 Å². The van der Waals surface area contributed by atoms with Gasteiger partial charge in [-0.05, 0) is 44.2 Å². The van der Waals surface area contributed by atoms with E-state index in [-0.39, 0.29) is 18.1 Å². The molecular weight excluding hydrogens is 258 g/mol. The molecule has 0 aromatic heterocycles. The molecule has 1 saturated carbocycles. The fourth-order valence-corrected chi connectivity index (χ4v) is 3.19. The molecule has 0 heterocycles. The molecule has 0 radical (unpaired) electrons. The van der Waals surface area contributed by atoms with Gasteiger partial charge in [-0.15, -0.1) is 11.8 Å². The van der Waals surface area contributed by atoms with E-state index in [0.717, 1.165) is 30.6 Å². The number of thioether (sulfide) groups is 1. The molecule has 19 heavy (non-hydrogen) atoms. The fraction of sp³-hybridized carbons (Fsp3) is 0.533. The first kappa shape index (κ1) is 14.4. The third kappa shape index (κ3) is 4.55. The molecule has 2 N–H and O–H groups in total. The van der Waals surface area contributed by atoms with Gasteiger partial charge in [0, 0.05) is 10.9 Å². The fourth-order valence-electron chi connectivity index (χ4n) is 2.35. The summed E-state index contributed by atoms with van der Waals surface area (Å²) in [5.41, 5.74) is 1.21. The van der Waals surface area contributed by atoms with Crippen molar-refractivity contribution >= 4 is 17.7 Å². The van der Waals surface area contributed by atoms with Crippen LogP contribution < -0.4 is 5.32 Å². The van der Waals surface area contributed by atoms with Crippen molar-refractivity contribution in [1.82, 2.24) is 5.32 Å². The second kappa shape index (κ2) is 6.96. The Balaban J connectivity index is 1.74. The van der Waals surface area contributed by atoms with Crippen LogP contribution in [0.1, 0.15) is 31.2 Å². The molecule has 0 unspecified atom stereocenters. The van der Waals surface area contributed by atoms with Gasteiger partial charge in [-0.3, -0.25) is 4.79 Å². The number of nitrogens with one attached hydrogen (secondary N) is 1. The van der Waals surface area contributed by atoms with Crippen molar-refractivity contribution in [1.29, 1.82) is 0 Å². The smallest absolute Gasteiger partial charge is 0.230 e. The van der Waals surface area contributed by atoms with Gasteiger partial charge in [0.1, 0.15) is 0 Å². The van der Waals surface area contributed by atoms with Gasteiger partial charge in [-0.25, -0.2) is 0 Å². The molecule has 2 rings (SSSR count). The minimum Gasteiger partial charge on any atom is -0.393 e. The second-order valence-corrected chi connectivity index (χ2v) is 6.14. The summed E-state index contributed by atoms with van der Waals surface area (Å²) in [6, 6.07) is 8.35. The van der Waals surface area contributed by atoms with Gasteiger partial charge in [0.05, 0.1) is 11.9 Å². The molecular formula is C15H21NO2S. The molecule has 1 fully saturated rings. The maximum atomic E-state index is 11.9. The maximum Gasteiger partial charge on any atom is 0.230 e. The highest BCUT2D eigenvalue weighted by atomic mass is 32.2.